The molecule has 2 aromatic rings. The summed E-state index contributed by atoms with van der Waals surface area (Å²) < 4.78 is 0. The fraction of sp³-hybridized carbons (Fsp3) is 0.471. The summed E-state index contributed by atoms with van der Waals surface area (Å²) in [6.45, 7) is 2.30. The molecule has 1 aliphatic rings. The molecule has 1 fully saturated rings. The van der Waals surface area contributed by atoms with Gasteiger partial charge in [0.1, 0.15) is 5.82 Å². The van der Waals surface area contributed by atoms with Gasteiger partial charge in [0, 0.05) is 17.1 Å². The summed E-state index contributed by atoms with van der Waals surface area (Å²) in [5.74, 6) is 1.92. The first-order valence-corrected chi connectivity index (χ1v) is 7.67. The van der Waals surface area contributed by atoms with Gasteiger partial charge in [0.25, 0.3) is 0 Å². The quantitative estimate of drug-likeness (QED) is 0.821. The summed E-state index contributed by atoms with van der Waals surface area (Å²) in [7, 11) is 0. The molecule has 1 aromatic carbocycles. The van der Waals surface area contributed by atoms with Crippen molar-refractivity contribution in [3.8, 4) is 0 Å². The minimum atomic E-state index is 0.580. The lowest BCUT2D eigenvalue weighted by Crippen LogP contribution is -2.26. The van der Waals surface area contributed by atoms with Gasteiger partial charge in [-0.05, 0) is 61.9 Å². The first kappa shape index (κ1) is 13.2. The molecule has 0 saturated heterocycles. The van der Waals surface area contributed by atoms with Gasteiger partial charge in [-0.1, -0.05) is 13.3 Å². The Kier molecular flexibility index (Phi) is 3.77. The molecule has 0 bridgehead atoms. The maximum absolute atomic E-state index is 5.79. The van der Waals surface area contributed by atoms with E-state index in [0.29, 0.717) is 6.04 Å². The number of nitrogens with zero attached hydrogens (tertiary/aromatic N) is 1. The normalized spacial score (nSPS) is 22.9. The molecule has 0 radical (unpaired) electrons. The van der Waals surface area contributed by atoms with Crippen molar-refractivity contribution < 1.29 is 0 Å². The van der Waals surface area contributed by atoms with Crippen LogP contribution < -0.4 is 11.1 Å². The fourth-order valence-electron chi connectivity index (χ4n) is 3.15. The Bertz CT molecular complexity index is 586. The number of benzene rings is 1. The highest BCUT2D eigenvalue weighted by Gasteiger charge is 2.19. The van der Waals surface area contributed by atoms with E-state index in [-0.39, 0.29) is 0 Å². The fourth-order valence-corrected chi connectivity index (χ4v) is 3.15. The summed E-state index contributed by atoms with van der Waals surface area (Å²) in [5, 5.41) is 4.69. The van der Waals surface area contributed by atoms with Crippen molar-refractivity contribution in [1.82, 2.24) is 4.98 Å². The molecule has 1 aromatic heterocycles. The molecule has 3 N–H and O–H groups in total. The van der Waals surface area contributed by atoms with Gasteiger partial charge in [-0.3, -0.25) is 0 Å². The van der Waals surface area contributed by atoms with E-state index in [4.69, 9.17) is 5.73 Å². The maximum Gasteiger partial charge on any atom is 0.126 e. The topological polar surface area (TPSA) is 50.9 Å². The lowest BCUT2D eigenvalue weighted by atomic mass is 9.84. The molecule has 0 amide bonds. The van der Waals surface area contributed by atoms with Crippen LogP contribution in [0.15, 0.2) is 30.3 Å². The van der Waals surface area contributed by atoms with Crippen molar-refractivity contribution in [3.05, 3.63) is 30.3 Å². The second-order valence-electron chi connectivity index (χ2n) is 5.92. The molecule has 20 heavy (non-hydrogen) atoms. The number of nitrogens with one attached hydrogen (secondary N) is 1. The van der Waals surface area contributed by atoms with Crippen LogP contribution in [0.4, 0.5) is 11.5 Å². The molecule has 106 valence electrons. The zero-order valence-corrected chi connectivity index (χ0v) is 12.1. The van der Waals surface area contributed by atoms with E-state index in [9.17, 15) is 0 Å². The predicted molar refractivity (Wildman–Crippen MR) is 85.8 cm³/mol. The third kappa shape index (κ3) is 2.87. The SMILES string of the molecule is CCC1CCC(Nc2ccc3cc(N)ccc3n2)CC1. The van der Waals surface area contributed by atoms with Crippen molar-refractivity contribution in [1.29, 1.82) is 0 Å². The van der Waals surface area contributed by atoms with Crippen molar-refractivity contribution in [3.63, 3.8) is 0 Å². The van der Waals surface area contributed by atoms with Crippen LogP contribution in [0.3, 0.4) is 0 Å². The Morgan fingerprint density at radius 3 is 2.70 bits per heavy atom. The molecule has 0 unspecified atom stereocenters. The number of rotatable bonds is 3. The van der Waals surface area contributed by atoms with E-state index in [2.05, 4.69) is 29.4 Å². The number of aromatic nitrogens is 1. The van der Waals surface area contributed by atoms with E-state index in [0.717, 1.165) is 28.3 Å². The van der Waals surface area contributed by atoms with Crippen LogP contribution in [0.5, 0.6) is 0 Å². The average molecular weight is 269 g/mol. The minimum absolute atomic E-state index is 0.580. The predicted octanol–water partition coefficient (Wildman–Crippen LogP) is 4.20. The Labute approximate surface area is 120 Å². The van der Waals surface area contributed by atoms with E-state index in [1.807, 2.05) is 18.2 Å². The maximum atomic E-state index is 5.79. The third-order valence-corrected chi connectivity index (χ3v) is 4.49. The lowest BCUT2D eigenvalue weighted by molar-refractivity contribution is 0.330. The van der Waals surface area contributed by atoms with Crippen molar-refractivity contribution >= 4 is 22.4 Å². The average Bonchev–Trinajstić information content (AvgIpc) is 2.48. The Hall–Kier alpha value is -1.77. The molecule has 1 saturated carbocycles. The Balaban J connectivity index is 1.70. The molecular formula is C17H23N3. The molecule has 1 heterocycles. The van der Waals surface area contributed by atoms with Gasteiger partial charge in [0.05, 0.1) is 5.52 Å². The number of fused-ring (bicyclic) bond motifs is 1. The molecule has 3 nitrogen and oxygen atoms in total. The largest absolute Gasteiger partial charge is 0.399 e. The Morgan fingerprint density at radius 2 is 1.95 bits per heavy atom. The number of nitrogen functional groups attached to an aromatic ring is 1. The van der Waals surface area contributed by atoms with E-state index >= 15 is 0 Å². The number of hydrogen-bond donors (Lipinski definition) is 2. The van der Waals surface area contributed by atoms with E-state index in [1.54, 1.807) is 0 Å². The second kappa shape index (κ2) is 5.70. The van der Waals surface area contributed by atoms with Crippen molar-refractivity contribution in [2.24, 2.45) is 5.92 Å². The summed E-state index contributed by atoms with van der Waals surface area (Å²) >= 11 is 0. The summed E-state index contributed by atoms with van der Waals surface area (Å²) in [6, 6.07) is 10.6. The van der Waals surface area contributed by atoms with Crippen LogP contribution in [0, 0.1) is 5.92 Å². The monoisotopic (exact) mass is 269 g/mol. The summed E-state index contributed by atoms with van der Waals surface area (Å²) in [6.07, 6.45) is 6.54. The smallest absolute Gasteiger partial charge is 0.126 e. The third-order valence-electron chi connectivity index (χ3n) is 4.49. The van der Waals surface area contributed by atoms with Crippen LogP contribution in [0.1, 0.15) is 39.0 Å². The second-order valence-corrected chi connectivity index (χ2v) is 5.92. The molecular weight excluding hydrogens is 246 g/mol. The zero-order valence-electron chi connectivity index (χ0n) is 12.1. The summed E-state index contributed by atoms with van der Waals surface area (Å²) in [4.78, 5) is 4.68. The minimum Gasteiger partial charge on any atom is -0.399 e. The molecule has 1 aliphatic carbocycles. The first-order chi connectivity index (χ1) is 9.74. The van der Waals surface area contributed by atoms with E-state index in [1.165, 1.54) is 32.1 Å². The van der Waals surface area contributed by atoms with Crippen LogP contribution in [-0.4, -0.2) is 11.0 Å². The van der Waals surface area contributed by atoms with Crippen LogP contribution >= 0.6 is 0 Å². The molecule has 0 aliphatic heterocycles. The highest BCUT2D eigenvalue weighted by molar-refractivity contribution is 5.83. The lowest BCUT2D eigenvalue weighted by Gasteiger charge is -2.28. The highest BCUT2D eigenvalue weighted by atomic mass is 15.0. The Morgan fingerprint density at radius 1 is 1.15 bits per heavy atom. The van der Waals surface area contributed by atoms with E-state index < -0.39 is 0 Å². The molecule has 3 rings (SSSR count). The molecule has 0 spiro atoms. The van der Waals surface area contributed by atoms with Gasteiger partial charge in [0.15, 0.2) is 0 Å². The van der Waals surface area contributed by atoms with Gasteiger partial charge in [0.2, 0.25) is 0 Å². The van der Waals surface area contributed by atoms with Gasteiger partial charge >= 0.3 is 0 Å². The molecule has 3 heteroatoms. The zero-order chi connectivity index (χ0) is 13.9. The first-order valence-electron chi connectivity index (χ1n) is 7.67. The number of nitrogens with two attached hydrogens (primary N) is 1. The van der Waals surface area contributed by atoms with Gasteiger partial charge in [-0.25, -0.2) is 4.98 Å². The van der Waals surface area contributed by atoms with Crippen LogP contribution in [0.2, 0.25) is 0 Å². The number of anilines is 2. The molecule has 0 atom stereocenters. The standard InChI is InChI=1S/C17H23N3/c1-2-12-3-7-15(8-4-12)19-17-10-5-13-11-14(18)6-9-16(13)20-17/h5-6,9-12,15H,2-4,7-8,18H2,1H3,(H,19,20). The van der Waals surface area contributed by atoms with Gasteiger partial charge in [-0.15, -0.1) is 0 Å². The number of hydrogen-bond acceptors (Lipinski definition) is 3. The van der Waals surface area contributed by atoms with Gasteiger partial charge in [-0.2, -0.15) is 0 Å². The van der Waals surface area contributed by atoms with Crippen molar-refractivity contribution in [2.45, 2.75) is 45.1 Å². The highest BCUT2D eigenvalue weighted by Crippen LogP contribution is 2.28. The van der Waals surface area contributed by atoms with Crippen LogP contribution in [-0.2, 0) is 0 Å². The van der Waals surface area contributed by atoms with Crippen molar-refractivity contribution in [2.75, 3.05) is 11.1 Å². The summed E-state index contributed by atoms with van der Waals surface area (Å²) in [5.41, 5.74) is 7.59. The number of pyridine rings is 1. The van der Waals surface area contributed by atoms with Gasteiger partial charge < -0.3 is 11.1 Å². The van der Waals surface area contributed by atoms with Crippen LogP contribution in [0.25, 0.3) is 10.9 Å².